The van der Waals surface area contributed by atoms with Crippen LogP contribution in [0.3, 0.4) is 0 Å². The molecule has 110 valence electrons. The summed E-state index contributed by atoms with van der Waals surface area (Å²) in [6, 6.07) is 15.6. The molecule has 3 rings (SSSR count). The Morgan fingerprint density at radius 3 is 2.36 bits per heavy atom. The molecular formula is C19H18N2O. The Bertz CT molecular complexity index is 750. The molecule has 0 N–H and O–H groups in total. The number of amides is 1. The van der Waals surface area contributed by atoms with Crippen LogP contribution < -0.4 is 0 Å². The third kappa shape index (κ3) is 2.60. The lowest BCUT2D eigenvalue weighted by Crippen LogP contribution is -2.48. The molecule has 2 aromatic carbocycles. The van der Waals surface area contributed by atoms with Crippen LogP contribution in [0, 0.1) is 25.2 Å². The van der Waals surface area contributed by atoms with E-state index in [4.69, 9.17) is 5.26 Å². The van der Waals surface area contributed by atoms with Crippen LogP contribution in [-0.4, -0.2) is 23.9 Å². The molecule has 1 saturated heterocycles. The molecule has 0 bridgehead atoms. The van der Waals surface area contributed by atoms with Crippen LogP contribution in [0.2, 0.25) is 0 Å². The summed E-state index contributed by atoms with van der Waals surface area (Å²) in [5, 5.41) is 8.82. The number of aryl methyl sites for hydroxylation is 2. The average Bonchev–Trinajstić information content (AvgIpc) is 2.49. The van der Waals surface area contributed by atoms with Gasteiger partial charge in [0, 0.05) is 24.6 Å². The normalized spacial score (nSPS) is 14.3. The van der Waals surface area contributed by atoms with Crippen molar-refractivity contribution in [2.24, 2.45) is 0 Å². The summed E-state index contributed by atoms with van der Waals surface area (Å²) in [6.45, 7) is 5.57. The Morgan fingerprint density at radius 2 is 1.77 bits per heavy atom. The van der Waals surface area contributed by atoms with Crippen molar-refractivity contribution in [3.8, 4) is 6.07 Å². The van der Waals surface area contributed by atoms with Gasteiger partial charge in [-0.15, -0.1) is 0 Å². The molecule has 0 spiro atoms. The monoisotopic (exact) mass is 290 g/mol. The first kappa shape index (κ1) is 14.3. The van der Waals surface area contributed by atoms with Crippen molar-refractivity contribution in [1.29, 1.82) is 5.26 Å². The molecule has 0 aromatic heterocycles. The van der Waals surface area contributed by atoms with Crippen LogP contribution in [0.15, 0.2) is 42.5 Å². The number of carbonyl (C=O) groups excluding carboxylic acids is 1. The van der Waals surface area contributed by atoms with E-state index in [-0.39, 0.29) is 5.91 Å². The third-order valence-electron chi connectivity index (χ3n) is 4.43. The van der Waals surface area contributed by atoms with E-state index in [2.05, 4.69) is 6.07 Å². The van der Waals surface area contributed by atoms with Crippen LogP contribution >= 0.6 is 0 Å². The second kappa shape index (κ2) is 5.65. The van der Waals surface area contributed by atoms with Crippen LogP contribution in [0.4, 0.5) is 0 Å². The number of nitrogens with zero attached hydrogens (tertiary/aromatic N) is 2. The Kier molecular flexibility index (Phi) is 3.68. The number of rotatable bonds is 2. The molecule has 0 aliphatic carbocycles. The van der Waals surface area contributed by atoms with E-state index in [9.17, 15) is 4.79 Å². The molecule has 3 heteroatoms. The zero-order valence-corrected chi connectivity index (χ0v) is 12.8. The summed E-state index contributed by atoms with van der Waals surface area (Å²) < 4.78 is 0. The predicted molar refractivity (Wildman–Crippen MR) is 85.7 cm³/mol. The summed E-state index contributed by atoms with van der Waals surface area (Å²) in [5.41, 5.74) is 4.99. The Labute approximate surface area is 130 Å². The topological polar surface area (TPSA) is 44.1 Å². The Balaban J connectivity index is 1.66. The molecule has 3 nitrogen and oxygen atoms in total. The lowest BCUT2D eigenvalue weighted by atomic mass is 9.90. The number of carbonyl (C=O) groups is 1. The molecule has 1 amide bonds. The van der Waals surface area contributed by atoms with Gasteiger partial charge in [-0.2, -0.15) is 5.26 Å². The van der Waals surface area contributed by atoms with Gasteiger partial charge in [-0.05, 0) is 54.8 Å². The Morgan fingerprint density at radius 1 is 1.09 bits per heavy atom. The van der Waals surface area contributed by atoms with Gasteiger partial charge in [-0.1, -0.05) is 18.2 Å². The highest BCUT2D eigenvalue weighted by Gasteiger charge is 2.32. The van der Waals surface area contributed by atoms with Gasteiger partial charge in [-0.25, -0.2) is 0 Å². The quantitative estimate of drug-likeness (QED) is 0.850. The first-order chi connectivity index (χ1) is 10.6. The number of hydrogen-bond donors (Lipinski definition) is 0. The van der Waals surface area contributed by atoms with Gasteiger partial charge in [0.15, 0.2) is 0 Å². The molecule has 0 radical (unpaired) electrons. The maximum Gasteiger partial charge on any atom is 0.253 e. The van der Waals surface area contributed by atoms with E-state index >= 15 is 0 Å². The van der Waals surface area contributed by atoms with Crippen molar-refractivity contribution in [2.45, 2.75) is 19.8 Å². The molecule has 1 fully saturated rings. The fourth-order valence-electron chi connectivity index (χ4n) is 2.74. The lowest BCUT2D eigenvalue weighted by Gasteiger charge is -2.39. The molecule has 1 aliphatic rings. The predicted octanol–water partition coefficient (Wildman–Crippen LogP) is 3.41. The van der Waals surface area contributed by atoms with Gasteiger partial charge in [0.1, 0.15) is 0 Å². The van der Waals surface area contributed by atoms with Gasteiger partial charge >= 0.3 is 0 Å². The first-order valence-corrected chi connectivity index (χ1v) is 7.45. The molecule has 1 heterocycles. The molecule has 0 unspecified atom stereocenters. The fourth-order valence-corrected chi connectivity index (χ4v) is 2.74. The first-order valence-electron chi connectivity index (χ1n) is 7.45. The molecule has 2 aromatic rings. The molecule has 1 aliphatic heterocycles. The summed E-state index contributed by atoms with van der Waals surface area (Å²) in [7, 11) is 0. The minimum absolute atomic E-state index is 0.105. The minimum atomic E-state index is 0.105. The minimum Gasteiger partial charge on any atom is -0.337 e. The maximum atomic E-state index is 12.5. The molecule has 0 atom stereocenters. The van der Waals surface area contributed by atoms with Gasteiger partial charge in [0.2, 0.25) is 0 Å². The smallest absolute Gasteiger partial charge is 0.253 e. The number of nitriles is 1. The van der Waals surface area contributed by atoms with E-state index in [0.717, 1.165) is 24.2 Å². The maximum absolute atomic E-state index is 12.5. The van der Waals surface area contributed by atoms with Gasteiger partial charge < -0.3 is 4.90 Å². The van der Waals surface area contributed by atoms with Crippen molar-refractivity contribution in [1.82, 2.24) is 4.90 Å². The van der Waals surface area contributed by atoms with Crippen molar-refractivity contribution in [2.75, 3.05) is 13.1 Å². The summed E-state index contributed by atoms with van der Waals surface area (Å²) in [5.74, 6) is 0.483. The second-order valence-electron chi connectivity index (χ2n) is 5.94. The zero-order valence-electron chi connectivity index (χ0n) is 12.8. The van der Waals surface area contributed by atoms with E-state index in [0.29, 0.717) is 11.5 Å². The van der Waals surface area contributed by atoms with Gasteiger partial charge in [0.25, 0.3) is 5.91 Å². The zero-order chi connectivity index (χ0) is 15.7. The van der Waals surface area contributed by atoms with E-state index in [1.165, 1.54) is 11.1 Å². The van der Waals surface area contributed by atoms with Crippen LogP contribution in [-0.2, 0) is 0 Å². The Hall–Kier alpha value is -2.60. The third-order valence-corrected chi connectivity index (χ3v) is 4.43. The lowest BCUT2D eigenvalue weighted by molar-refractivity contribution is 0.0602. The van der Waals surface area contributed by atoms with Gasteiger partial charge in [0.05, 0.1) is 11.6 Å². The number of likely N-dealkylation sites (tertiary alicyclic amines) is 1. The number of benzene rings is 2. The average molecular weight is 290 g/mol. The van der Waals surface area contributed by atoms with Gasteiger partial charge in [-0.3, -0.25) is 4.79 Å². The number of hydrogen-bond acceptors (Lipinski definition) is 2. The fraction of sp³-hybridized carbons (Fsp3) is 0.263. The molecular weight excluding hydrogens is 272 g/mol. The summed E-state index contributed by atoms with van der Waals surface area (Å²) in [6.07, 6.45) is 0. The highest BCUT2D eigenvalue weighted by molar-refractivity contribution is 5.95. The van der Waals surface area contributed by atoms with Crippen molar-refractivity contribution >= 4 is 5.91 Å². The van der Waals surface area contributed by atoms with E-state index in [1.807, 2.05) is 61.2 Å². The van der Waals surface area contributed by atoms with Crippen molar-refractivity contribution in [3.05, 3.63) is 70.3 Å². The molecule has 0 saturated carbocycles. The SMILES string of the molecule is Cc1ccc(C(=O)N2CC(c3ccc(C#N)cc3)C2)cc1C. The molecule has 22 heavy (non-hydrogen) atoms. The van der Waals surface area contributed by atoms with E-state index < -0.39 is 0 Å². The van der Waals surface area contributed by atoms with Crippen LogP contribution in [0.5, 0.6) is 0 Å². The van der Waals surface area contributed by atoms with Crippen LogP contribution in [0.1, 0.15) is 38.5 Å². The van der Waals surface area contributed by atoms with E-state index in [1.54, 1.807) is 0 Å². The van der Waals surface area contributed by atoms with Crippen molar-refractivity contribution in [3.63, 3.8) is 0 Å². The standard InChI is InChI=1S/C19H18N2O/c1-13-3-6-17(9-14(13)2)19(22)21-11-18(12-21)16-7-4-15(10-20)5-8-16/h3-9,18H,11-12H2,1-2H3. The second-order valence-corrected chi connectivity index (χ2v) is 5.94. The largest absolute Gasteiger partial charge is 0.337 e. The highest BCUT2D eigenvalue weighted by Crippen LogP contribution is 2.28. The summed E-state index contributed by atoms with van der Waals surface area (Å²) >= 11 is 0. The highest BCUT2D eigenvalue weighted by atomic mass is 16.2. The summed E-state index contributed by atoms with van der Waals surface area (Å²) in [4.78, 5) is 14.3. The van der Waals surface area contributed by atoms with Crippen LogP contribution in [0.25, 0.3) is 0 Å². The van der Waals surface area contributed by atoms with Crippen molar-refractivity contribution < 1.29 is 4.79 Å².